The summed E-state index contributed by atoms with van der Waals surface area (Å²) in [5.74, 6) is 0.662. The van der Waals surface area contributed by atoms with Crippen molar-refractivity contribution in [3.63, 3.8) is 0 Å². The molecule has 6 nitrogen and oxygen atoms in total. The van der Waals surface area contributed by atoms with Crippen LogP contribution in [-0.4, -0.2) is 24.3 Å². The van der Waals surface area contributed by atoms with Crippen molar-refractivity contribution in [2.24, 2.45) is 7.05 Å². The number of hydrogen-bond acceptors (Lipinski definition) is 4. The molecule has 0 fully saturated rings. The van der Waals surface area contributed by atoms with E-state index in [0.717, 1.165) is 5.82 Å². The van der Waals surface area contributed by atoms with Crippen LogP contribution in [0.4, 0.5) is 10.3 Å². The van der Waals surface area contributed by atoms with Crippen molar-refractivity contribution in [3.8, 4) is 0 Å². The quantitative estimate of drug-likeness (QED) is 0.766. The lowest BCUT2D eigenvalue weighted by molar-refractivity contribution is 0.637. The van der Waals surface area contributed by atoms with E-state index in [4.69, 9.17) is 5.73 Å². The Bertz CT molecular complexity index is 729. The molecule has 0 saturated heterocycles. The highest BCUT2D eigenvalue weighted by Crippen LogP contribution is 2.20. The van der Waals surface area contributed by atoms with Crippen LogP contribution < -0.4 is 5.73 Å². The number of rotatable bonds is 3. The molecule has 2 N–H and O–H groups in total. The zero-order valence-corrected chi connectivity index (χ0v) is 10.4. The first kappa shape index (κ1) is 11.6. The van der Waals surface area contributed by atoms with Crippen molar-refractivity contribution >= 4 is 17.0 Å². The summed E-state index contributed by atoms with van der Waals surface area (Å²) in [7, 11) is 1.81. The van der Waals surface area contributed by atoms with E-state index >= 15 is 0 Å². The molecule has 0 aliphatic heterocycles. The molecule has 0 spiro atoms. The molecular formula is C12H13FN6. The minimum absolute atomic E-state index is 0.300. The SMILES string of the molecule is Cn1cnc(CCn2c(N)nc3c(F)cccc32)n1. The van der Waals surface area contributed by atoms with Gasteiger partial charge in [0.2, 0.25) is 5.95 Å². The number of aryl methyl sites for hydroxylation is 3. The number of anilines is 1. The number of nitrogens with zero attached hydrogens (tertiary/aromatic N) is 5. The van der Waals surface area contributed by atoms with Gasteiger partial charge >= 0.3 is 0 Å². The summed E-state index contributed by atoms with van der Waals surface area (Å²) in [6, 6.07) is 4.82. The van der Waals surface area contributed by atoms with Crippen molar-refractivity contribution in [2.75, 3.05) is 5.73 Å². The van der Waals surface area contributed by atoms with Gasteiger partial charge in [-0.15, -0.1) is 0 Å². The number of hydrogen-bond donors (Lipinski definition) is 1. The van der Waals surface area contributed by atoms with Gasteiger partial charge in [-0.1, -0.05) is 6.07 Å². The third-order valence-electron chi connectivity index (χ3n) is 2.97. The summed E-state index contributed by atoms with van der Waals surface area (Å²) in [5.41, 5.74) is 6.82. The van der Waals surface area contributed by atoms with Crippen molar-refractivity contribution in [1.29, 1.82) is 0 Å². The summed E-state index contributed by atoms with van der Waals surface area (Å²) in [5, 5.41) is 4.19. The molecule has 0 aliphatic rings. The number of halogens is 1. The van der Waals surface area contributed by atoms with E-state index in [1.54, 1.807) is 27.7 Å². The van der Waals surface area contributed by atoms with Crippen molar-refractivity contribution in [3.05, 3.63) is 36.2 Å². The molecule has 1 aromatic carbocycles. The third-order valence-corrected chi connectivity index (χ3v) is 2.97. The second-order valence-corrected chi connectivity index (χ2v) is 4.31. The molecule has 2 heterocycles. The van der Waals surface area contributed by atoms with Crippen molar-refractivity contribution < 1.29 is 4.39 Å². The third kappa shape index (κ3) is 2.03. The van der Waals surface area contributed by atoms with Gasteiger partial charge in [0.25, 0.3) is 0 Å². The predicted octanol–water partition coefficient (Wildman–Crippen LogP) is 1.13. The van der Waals surface area contributed by atoms with Gasteiger partial charge < -0.3 is 10.3 Å². The topological polar surface area (TPSA) is 74.5 Å². The van der Waals surface area contributed by atoms with Gasteiger partial charge in [0, 0.05) is 20.0 Å². The summed E-state index contributed by atoms with van der Waals surface area (Å²) < 4.78 is 17.0. The van der Waals surface area contributed by atoms with E-state index in [1.165, 1.54) is 6.07 Å². The Labute approximate surface area is 108 Å². The lowest BCUT2D eigenvalue weighted by Gasteiger charge is -2.04. The zero-order valence-electron chi connectivity index (χ0n) is 10.4. The lowest BCUT2D eigenvalue weighted by Crippen LogP contribution is -2.06. The maximum Gasteiger partial charge on any atom is 0.201 e. The van der Waals surface area contributed by atoms with Crippen molar-refractivity contribution in [2.45, 2.75) is 13.0 Å². The maximum absolute atomic E-state index is 13.6. The van der Waals surface area contributed by atoms with Crippen LogP contribution >= 0.6 is 0 Å². The number of benzene rings is 1. The predicted molar refractivity (Wildman–Crippen MR) is 68.8 cm³/mol. The fourth-order valence-electron chi connectivity index (χ4n) is 2.08. The molecule has 3 rings (SSSR count). The second-order valence-electron chi connectivity index (χ2n) is 4.31. The highest BCUT2D eigenvalue weighted by Gasteiger charge is 2.11. The smallest absolute Gasteiger partial charge is 0.201 e. The summed E-state index contributed by atoms with van der Waals surface area (Å²) in [4.78, 5) is 8.20. The Morgan fingerprint density at radius 2 is 2.21 bits per heavy atom. The molecule has 0 saturated carbocycles. The van der Waals surface area contributed by atoms with Gasteiger partial charge in [-0.2, -0.15) is 5.10 Å². The van der Waals surface area contributed by atoms with E-state index < -0.39 is 0 Å². The van der Waals surface area contributed by atoms with Crippen LogP contribution in [0.2, 0.25) is 0 Å². The van der Waals surface area contributed by atoms with Crippen molar-refractivity contribution in [1.82, 2.24) is 24.3 Å². The van der Waals surface area contributed by atoms with Gasteiger partial charge in [0.05, 0.1) is 5.52 Å². The molecule has 0 radical (unpaired) electrons. The summed E-state index contributed by atoms with van der Waals surface area (Å²) >= 11 is 0. The van der Waals surface area contributed by atoms with Gasteiger partial charge in [0.1, 0.15) is 11.8 Å². The summed E-state index contributed by atoms with van der Waals surface area (Å²) in [6.45, 7) is 0.565. The van der Waals surface area contributed by atoms with Crippen LogP contribution in [0, 0.1) is 5.82 Å². The minimum Gasteiger partial charge on any atom is -0.369 e. The molecule has 3 aromatic rings. The number of nitrogens with two attached hydrogens (primary N) is 1. The zero-order chi connectivity index (χ0) is 13.4. The molecule has 0 atom stereocenters. The molecule has 0 bridgehead atoms. The van der Waals surface area contributed by atoms with Crippen LogP contribution in [-0.2, 0) is 20.0 Å². The molecule has 19 heavy (non-hydrogen) atoms. The number of imidazole rings is 1. The Morgan fingerprint density at radius 1 is 1.37 bits per heavy atom. The number of para-hydroxylation sites is 1. The van der Waals surface area contributed by atoms with Crippen LogP contribution in [0.15, 0.2) is 24.5 Å². The summed E-state index contributed by atoms with van der Waals surface area (Å²) in [6.07, 6.45) is 2.26. The van der Waals surface area contributed by atoms with Crippen LogP contribution in [0.25, 0.3) is 11.0 Å². The average Bonchev–Trinajstić information content (AvgIpc) is 2.92. The standard InChI is InChI=1S/C12H13FN6/c1-18-7-15-10(17-18)5-6-19-9-4-2-3-8(13)11(9)16-12(19)14/h2-4,7H,5-6H2,1H3,(H2,14,16). The molecule has 0 amide bonds. The monoisotopic (exact) mass is 260 g/mol. The average molecular weight is 260 g/mol. The van der Waals surface area contributed by atoms with E-state index in [9.17, 15) is 4.39 Å². The first-order valence-electron chi connectivity index (χ1n) is 5.90. The fourth-order valence-corrected chi connectivity index (χ4v) is 2.08. The van der Waals surface area contributed by atoms with Gasteiger partial charge in [-0.25, -0.2) is 14.4 Å². The molecule has 0 unspecified atom stereocenters. The van der Waals surface area contributed by atoms with E-state index in [1.807, 2.05) is 7.05 Å². The van der Waals surface area contributed by atoms with Crippen LogP contribution in [0.1, 0.15) is 5.82 Å². The number of nitrogen functional groups attached to an aromatic ring is 1. The Hall–Kier alpha value is -2.44. The maximum atomic E-state index is 13.6. The number of fused-ring (bicyclic) bond motifs is 1. The first-order chi connectivity index (χ1) is 9.15. The molecule has 98 valence electrons. The molecular weight excluding hydrogens is 247 g/mol. The van der Waals surface area contributed by atoms with Gasteiger partial charge in [0.15, 0.2) is 11.6 Å². The number of aromatic nitrogens is 5. The van der Waals surface area contributed by atoms with Crippen LogP contribution in [0.5, 0.6) is 0 Å². The Kier molecular flexibility index (Phi) is 2.66. The fraction of sp³-hybridized carbons (Fsp3) is 0.250. The highest BCUT2D eigenvalue weighted by molar-refractivity contribution is 5.78. The molecule has 0 aliphatic carbocycles. The van der Waals surface area contributed by atoms with E-state index in [-0.39, 0.29) is 5.82 Å². The van der Waals surface area contributed by atoms with Crippen LogP contribution in [0.3, 0.4) is 0 Å². The Morgan fingerprint density at radius 3 is 2.95 bits per heavy atom. The first-order valence-corrected chi connectivity index (χ1v) is 5.90. The van der Waals surface area contributed by atoms with Gasteiger partial charge in [-0.05, 0) is 12.1 Å². The highest BCUT2D eigenvalue weighted by atomic mass is 19.1. The largest absolute Gasteiger partial charge is 0.369 e. The van der Waals surface area contributed by atoms with E-state index in [0.29, 0.717) is 29.9 Å². The minimum atomic E-state index is -0.362. The van der Waals surface area contributed by atoms with E-state index in [2.05, 4.69) is 15.1 Å². The molecule has 2 aromatic heterocycles. The normalized spacial score (nSPS) is 11.3. The molecule has 7 heteroatoms. The lowest BCUT2D eigenvalue weighted by atomic mass is 10.3. The van der Waals surface area contributed by atoms with Gasteiger partial charge in [-0.3, -0.25) is 4.68 Å². The Balaban J connectivity index is 1.92. The second kappa shape index (κ2) is 4.34.